The van der Waals surface area contributed by atoms with Crippen LogP contribution in [0.1, 0.15) is 47.0 Å². The van der Waals surface area contributed by atoms with Gasteiger partial charge in [-0.3, -0.25) is 0 Å². The first-order valence-corrected chi connectivity index (χ1v) is 4.58. The molecule has 0 amide bonds. The van der Waals surface area contributed by atoms with Crippen molar-refractivity contribution in [1.82, 2.24) is 0 Å². The molecule has 1 unspecified atom stereocenters. The minimum atomic E-state index is 0.824. The van der Waals surface area contributed by atoms with E-state index < -0.39 is 0 Å². The van der Waals surface area contributed by atoms with Gasteiger partial charge in [-0.05, 0) is 31.6 Å². The standard InChI is InChI=1S/C11H20/c1-5-6-7-8-9-11(4)10(2)3/h10-11H,7-9H2,1-4H3. The highest BCUT2D eigenvalue weighted by Crippen LogP contribution is 2.16. The molecule has 0 fully saturated rings. The van der Waals surface area contributed by atoms with Crippen LogP contribution in [0.4, 0.5) is 0 Å². The fraction of sp³-hybridized carbons (Fsp3) is 0.818. The molecular formula is C11H20. The van der Waals surface area contributed by atoms with E-state index in [9.17, 15) is 0 Å². The SMILES string of the molecule is CC#CCCCC(C)C(C)C. The predicted octanol–water partition coefficient (Wildman–Crippen LogP) is 3.47. The van der Waals surface area contributed by atoms with Gasteiger partial charge in [0.15, 0.2) is 0 Å². The fourth-order valence-electron chi connectivity index (χ4n) is 0.971. The second-order valence-electron chi connectivity index (χ2n) is 3.54. The van der Waals surface area contributed by atoms with Gasteiger partial charge in [0.2, 0.25) is 0 Å². The van der Waals surface area contributed by atoms with Crippen LogP contribution in [-0.4, -0.2) is 0 Å². The molecule has 0 spiro atoms. The summed E-state index contributed by atoms with van der Waals surface area (Å²) in [5, 5.41) is 0. The summed E-state index contributed by atoms with van der Waals surface area (Å²) in [6.45, 7) is 8.81. The zero-order valence-corrected chi connectivity index (χ0v) is 8.28. The third kappa shape index (κ3) is 5.98. The van der Waals surface area contributed by atoms with Gasteiger partial charge in [-0.2, -0.15) is 0 Å². The van der Waals surface area contributed by atoms with E-state index >= 15 is 0 Å². The van der Waals surface area contributed by atoms with Gasteiger partial charge in [0.1, 0.15) is 0 Å². The monoisotopic (exact) mass is 152 g/mol. The summed E-state index contributed by atoms with van der Waals surface area (Å²) in [5.74, 6) is 7.69. The first-order chi connectivity index (χ1) is 5.18. The second-order valence-corrected chi connectivity index (χ2v) is 3.54. The summed E-state index contributed by atoms with van der Waals surface area (Å²) in [6, 6.07) is 0. The Labute approximate surface area is 71.4 Å². The topological polar surface area (TPSA) is 0 Å². The molecule has 0 heteroatoms. The molecule has 0 aromatic rings. The minimum absolute atomic E-state index is 0.824. The molecule has 0 N–H and O–H groups in total. The molecule has 0 saturated carbocycles. The third-order valence-corrected chi connectivity index (χ3v) is 2.28. The lowest BCUT2D eigenvalue weighted by Crippen LogP contribution is -2.02. The first kappa shape index (κ1) is 10.6. The molecule has 0 bridgehead atoms. The summed E-state index contributed by atoms with van der Waals surface area (Å²) in [5.41, 5.74) is 0. The molecule has 0 aromatic heterocycles. The Morgan fingerprint density at radius 1 is 1.18 bits per heavy atom. The lowest BCUT2D eigenvalue weighted by Gasteiger charge is -2.13. The summed E-state index contributed by atoms with van der Waals surface area (Å²) < 4.78 is 0. The molecule has 1 atom stereocenters. The average molecular weight is 152 g/mol. The Balaban J connectivity index is 3.29. The van der Waals surface area contributed by atoms with E-state index in [1.807, 2.05) is 6.92 Å². The van der Waals surface area contributed by atoms with Gasteiger partial charge >= 0.3 is 0 Å². The van der Waals surface area contributed by atoms with Crippen molar-refractivity contribution in [2.45, 2.75) is 47.0 Å². The van der Waals surface area contributed by atoms with Crippen molar-refractivity contribution >= 4 is 0 Å². The number of unbranched alkanes of at least 4 members (excludes halogenated alkanes) is 1. The summed E-state index contributed by atoms with van der Waals surface area (Å²) in [4.78, 5) is 0. The zero-order valence-electron chi connectivity index (χ0n) is 8.28. The molecule has 0 aliphatic carbocycles. The molecule has 11 heavy (non-hydrogen) atoms. The van der Waals surface area contributed by atoms with E-state index in [1.165, 1.54) is 12.8 Å². The van der Waals surface area contributed by atoms with Crippen LogP contribution in [0.25, 0.3) is 0 Å². The lowest BCUT2D eigenvalue weighted by atomic mass is 9.93. The highest BCUT2D eigenvalue weighted by Gasteiger charge is 2.04. The molecule has 0 heterocycles. The smallest absolute Gasteiger partial charge is 0.00886 e. The Morgan fingerprint density at radius 3 is 2.27 bits per heavy atom. The van der Waals surface area contributed by atoms with Gasteiger partial charge in [0.05, 0.1) is 0 Å². The Hall–Kier alpha value is -0.440. The average Bonchev–Trinajstić information content (AvgIpc) is 1.97. The van der Waals surface area contributed by atoms with Gasteiger partial charge in [0.25, 0.3) is 0 Å². The van der Waals surface area contributed by atoms with Crippen LogP contribution in [-0.2, 0) is 0 Å². The molecule has 0 saturated heterocycles. The van der Waals surface area contributed by atoms with Crippen LogP contribution in [0.5, 0.6) is 0 Å². The van der Waals surface area contributed by atoms with Gasteiger partial charge in [0, 0.05) is 6.42 Å². The maximum Gasteiger partial charge on any atom is 0.00886 e. The molecule has 0 radical (unpaired) electrons. The van der Waals surface area contributed by atoms with Gasteiger partial charge < -0.3 is 0 Å². The molecule has 64 valence electrons. The van der Waals surface area contributed by atoms with Gasteiger partial charge in [-0.25, -0.2) is 0 Å². The van der Waals surface area contributed by atoms with Crippen molar-refractivity contribution in [3.63, 3.8) is 0 Å². The minimum Gasteiger partial charge on any atom is -0.107 e. The van der Waals surface area contributed by atoms with Crippen LogP contribution >= 0.6 is 0 Å². The Kier molecular flexibility index (Phi) is 6.03. The third-order valence-electron chi connectivity index (χ3n) is 2.28. The lowest BCUT2D eigenvalue weighted by molar-refractivity contribution is 0.384. The maximum atomic E-state index is 3.09. The van der Waals surface area contributed by atoms with Crippen LogP contribution in [0.15, 0.2) is 0 Å². The highest BCUT2D eigenvalue weighted by molar-refractivity contribution is 4.94. The predicted molar refractivity (Wildman–Crippen MR) is 51.3 cm³/mol. The molecule has 0 nitrogen and oxygen atoms in total. The number of hydrogen-bond acceptors (Lipinski definition) is 0. The van der Waals surface area contributed by atoms with Crippen LogP contribution in [0, 0.1) is 23.7 Å². The molecular weight excluding hydrogens is 132 g/mol. The van der Waals surface area contributed by atoms with Gasteiger partial charge in [-0.1, -0.05) is 20.8 Å². The van der Waals surface area contributed by atoms with Crippen molar-refractivity contribution in [2.24, 2.45) is 11.8 Å². The normalized spacial score (nSPS) is 12.5. The molecule has 0 rings (SSSR count). The van der Waals surface area contributed by atoms with E-state index in [1.54, 1.807) is 0 Å². The summed E-state index contributed by atoms with van der Waals surface area (Å²) in [7, 11) is 0. The first-order valence-electron chi connectivity index (χ1n) is 4.58. The fourth-order valence-corrected chi connectivity index (χ4v) is 0.971. The quantitative estimate of drug-likeness (QED) is 0.427. The Morgan fingerprint density at radius 2 is 1.82 bits per heavy atom. The van der Waals surface area contributed by atoms with Crippen LogP contribution in [0.3, 0.4) is 0 Å². The number of hydrogen-bond donors (Lipinski definition) is 0. The van der Waals surface area contributed by atoms with E-state index in [-0.39, 0.29) is 0 Å². The second kappa shape index (κ2) is 6.28. The summed E-state index contributed by atoms with van der Waals surface area (Å²) >= 11 is 0. The number of rotatable bonds is 4. The van der Waals surface area contributed by atoms with Crippen molar-refractivity contribution in [1.29, 1.82) is 0 Å². The maximum absolute atomic E-state index is 3.09. The van der Waals surface area contributed by atoms with Crippen molar-refractivity contribution in [3.8, 4) is 11.8 Å². The molecule has 0 aliphatic heterocycles. The van der Waals surface area contributed by atoms with Crippen LogP contribution < -0.4 is 0 Å². The largest absolute Gasteiger partial charge is 0.107 e. The van der Waals surface area contributed by atoms with E-state index in [0.29, 0.717) is 0 Å². The highest BCUT2D eigenvalue weighted by atomic mass is 14.1. The van der Waals surface area contributed by atoms with Crippen molar-refractivity contribution in [3.05, 3.63) is 0 Å². The summed E-state index contributed by atoms with van der Waals surface area (Å²) in [6.07, 6.45) is 3.67. The van der Waals surface area contributed by atoms with Crippen molar-refractivity contribution in [2.75, 3.05) is 0 Å². The van der Waals surface area contributed by atoms with Crippen LogP contribution in [0.2, 0.25) is 0 Å². The molecule has 0 aliphatic rings. The zero-order chi connectivity index (χ0) is 8.69. The van der Waals surface area contributed by atoms with Gasteiger partial charge in [-0.15, -0.1) is 11.8 Å². The Bertz CT molecular complexity index is 134. The van der Waals surface area contributed by atoms with E-state index in [4.69, 9.17) is 0 Å². The van der Waals surface area contributed by atoms with Crippen molar-refractivity contribution < 1.29 is 0 Å². The van der Waals surface area contributed by atoms with E-state index in [0.717, 1.165) is 18.3 Å². The van der Waals surface area contributed by atoms with E-state index in [2.05, 4.69) is 32.6 Å². The molecule has 0 aromatic carbocycles.